The summed E-state index contributed by atoms with van der Waals surface area (Å²) in [5.74, 6) is 3.11. The van der Waals surface area contributed by atoms with Crippen LogP contribution in [0.4, 0.5) is 0 Å². The Morgan fingerprint density at radius 2 is 1.39 bits per heavy atom. The Kier molecular flexibility index (Phi) is 15.3. The minimum Gasteiger partial charge on any atom is -0.493 e. The molecule has 0 radical (unpaired) electrons. The molecule has 2 rings (SSSR count). The van der Waals surface area contributed by atoms with Crippen molar-refractivity contribution in [3.8, 4) is 23.8 Å². The van der Waals surface area contributed by atoms with Crippen molar-refractivity contribution in [2.45, 2.75) is 25.4 Å². The van der Waals surface area contributed by atoms with Gasteiger partial charge >= 0.3 is 0 Å². The van der Waals surface area contributed by atoms with Gasteiger partial charge in [0.2, 0.25) is 0 Å². The van der Waals surface area contributed by atoms with E-state index in [1.165, 1.54) is 0 Å². The van der Waals surface area contributed by atoms with Crippen LogP contribution in [0, 0.1) is 19.3 Å². The van der Waals surface area contributed by atoms with Crippen molar-refractivity contribution in [3.05, 3.63) is 62.4 Å². The standard InChI is InChI=1S/C21H19Cl4O3.CH2O.W/c1-3-5-15(26)12-28-21-18(24)10-14(11-19(21)25)7-13-8-16(22)20(17(23)9-13)27-6-4-2;1-2;/h1,8-11,15,26H,2,4-7,12H2;1H2;/q-1;;. The zero-order chi connectivity index (χ0) is 22.7. The Morgan fingerprint density at radius 3 is 1.77 bits per heavy atom. The molecule has 4 nitrogen and oxygen atoms in total. The molecule has 0 saturated heterocycles. The second-order valence-corrected chi connectivity index (χ2v) is 7.66. The second-order valence-electron chi connectivity index (χ2n) is 6.03. The van der Waals surface area contributed by atoms with E-state index in [2.05, 4.69) is 12.8 Å². The fraction of sp³-hybridized carbons (Fsp3) is 0.273. The number of hydrogen-bond acceptors (Lipinski definition) is 4. The number of benzene rings is 2. The third-order valence-electron chi connectivity index (χ3n) is 3.69. The third kappa shape index (κ3) is 9.62. The van der Waals surface area contributed by atoms with E-state index in [0.29, 0.717) is 51.0 Å². The van der Waals surface area contributed by atoms with Crippen LogP contribution in [-0.4, -0.2) is 31.2 Å². The fourth-order valence-corrected chi connectivity index (χ4v) is 3.77. The summed E-state index contributed by atoms with van der Waals surface area (Å²) in [6.07, 6.45) is 5.67. The van der Waals surface area contributed by atoms with E-state index >= 15 is 0 Å². The van der Waals surface area contributed by atoms with Crippen LogP contribution in [0.5, 0.6) is 11.5 Å². The van der Waals surface area contributed by atoms with Crippen molar-refractivity contribution in [1.82, 2.24) is 0 Å². The zero-order valence-corrected chi connectivity index (χ0v) is 22.5. The topological polar surface area (TPSA) is 55.8 Å². The summed E-state index contributed by atoms with van der Waals surface area (Å²) < 4.78 is 11.0. The molecule has 0 aliphatic rings. The first-order chi connectivity index (χ1) is 14.3. The summed E-state index contributed by atoms with van der Waals surface area (Å²) in [4.78, 5) is 8.00. The average molecular weight is 675 g/mol. The number of halogens is 4. The fourth-order valence-electron chi connectivity index (χ4n) is 2.49. The largest absolute Gasteiger partial charge is 0.493 e. The summed E-state index contributed by atoms with van der Waals surface area (Å²) in [6.45, 7) is 6.15. The molecule has 1 N–H and O–H groups in total. The number of rotatable bonds is 9. The first kappa shape index (κ1) is 30.1. The minimum atomic E-state index is -0.787. The van der Waals surface area contributed by atoms with E-state index in [-0.39, 0.29) is 34.1 Å². The first-order valence-corrected chi connectivity index (χ1v) is 10.3. The molecule has 1 atom stereocenters. The number of carbonyl (C=O) groups excluding carboxylic acids is 1. The number of terminal acetylenes is 1. The molecule has 0 bridgehead atoms. The Morgan fingerprint density at radius 1 is 0.968 bits per heavy atom. The molecule has 2 aromatic carbocycles. The molecule has 0 heterocycles. The molecule has 168 valence electrons. The summed E-state index contributed by atoms with van der Waals surface area (Å²) >= 11 is 25.2. The molecular weight excluding hydrogens is 654 g/mol. The average Bonchev–Trinajstić information content (AvgIpc) is 2.68. The Balaban J connectivity index is 0.00000291. The van der Waals surface area contributed by atoms with Crippen LogP contribution >= 0.6 is 46.4 Å². The van der Waals surface area contributed by atoms with Crippen LogP contribution in [0.25, 0.3) is 0 Å². The molecule has 1 unspecified atom stereocenters. The summed E-state index contributed by atoms with van der Waals surface area (Å²) in [5.41, 5.74) is 1.73. The molecular formula is C22H21Cl4O4W-. The van der Waals surface area contributed by atoms with Crippen molar-refractivity contribution in [1.29, 1.82) is 0 Å². The Hall–Kier alpha value is -0.922. The molecule has 2 aromatic rings. The van der Waals surface area contributed by atoms with E-state index in [1.807, 2.05) is 6.79 Å². The zero-order valence-electron chi connectivity index (χ0n) is 16.5. The number of hydrogen-bond donors (Lipinski definition) is 1. The maximum absolute atomic E-state index is 9.68. The molecule has 0 spiro atoms. The van der Waals surface area contributed by atoms with Gasteiger partial charge in [0.1, 0.15) is 13.4 Å². The quantitative estimate of drug-likeness (QED) is 0.259. The van der Waals surface area contributed by atoms with E-state index < -0.39 is 6.10 Å². The van der Waals surface area contributed by atoms with Crippen LogP contribution in [0.15, 0.2) is 24.3 Å². The van der Waals surface area contributed by atoms with Gasteiger partial charge < -0.3 is 26.3 Å². The van der Waals surface area contributed by atoms with Gasteiger partial charge in [-0.05, 0) is 41.8 Å². The van der Waals surface area contributed by atoms with Gasteiger partial charge in [0.05, 0.1) is 32.8 Å². The van der Waals surface area contributed by atoms with Gasteiger partial charge in [0, 0.05) is 27.5 Å². The van der Waals surface area contributed by atoms with E-state index in [4.69, 9.17) is 67.1 Å². The summed E-state index contributed by atoms with van der Waals surface area (Å²) in [6, 6.07) is 7.05. The predicted octanol–water partition coefficient (Wildman–Crippen LogP) is 6.07. The van der Waals surface area contributed by atoms with E-state index in [1.54, 1.807) is 24.3 Å². The van der Waals surface area contributed by atoms with Crippen molar-refractivity contribution in [3.63, 3.8) is 0 Å². The molecule has 0 aliphatic heterocycles. The predicted molar refractivity (Wildman–Crippen MR) is 123 cm³/mol. The van der Waals surface area contributed by atoms with Crippen molar-refractivity contribution >= 4 is 53.2 Å². The van der Waals surface area contributed by atoms with Crippen LogP contribution in [-0.2, 0) is 32.3 Å². The Labute approximate surface area is 217 Å². The van der Waals surface area contributed by atoms with Gasteiger partial charge in [-0.3, -0.25) is 0 Å². The maximum Gasteiger partial charge on any atom is 0.156 e. The molecule has 0 fully saturated rings. The molecule has 9 heteroatoms. The van der Waals surface area contributed by atoms with Gasteiger partial charge in [-0.1, -0.05) is 46.4 Å². The number of aliphatic hydroxyl groups is 1. The molecule has 0 amide bonds. The van der Waals surface area contributed by atoms with Crippen molar-refractivity contribution < 1.29 is 40.4 Å². The van der Waals surface area contributed by atoms with Gasteiger partial charge in [-0.25, -0.2) is 0 Å². The minimum absolute atomic E-state index is 0. The van der Waals surface area contributed by atoms with Gasteiger partial charge in [-0.15, -0.1) is 18.8 Å². The molecule has 31 heavy (non-hydrogen) atoms. The third-order valence-corrected chi connectivity index (χ3v) is 4.81. The van der Waals surface area contributed by atoms with Gasteiger partial charge in [0.25, 0.3) is 0 Å². The number of ether oxygens (including phenoxy) is 2. The molecule has 0 saturated carbocycles. The molecule has 0 aliphatic carbocycles. The van der Waals surface area contributed by atoms with Crippen LogP contribution in [0.1, 0.15) is 24.0 Å². The summed E-state index contributed by atoms with van der Waals surface area (Å²) in [5, 5.41) is 11.2. The van der Waals surface area contributed by atoms with E-state index in [0.717, 1.165) is 11.1 Å². The number of carbonyl (C=O) groups is 1. The summed E-state index contributed by atoms with van der Waals surface area (Å²) in [7, 11) is 0. The molecule has 0 aromatic heterocycles. The number of aliphatic hydroxyl groups excluding tert-OH is 1. The van der Waals surface area contributed by atoms with Crippen LogP contribution in [0.3, 0.4) is 0 Å². The monoisotopic (exact) mass is 673 g/mol. The van der Waals surface area contributed by atoms with Crippen LogP contribution < -0.4 is 9.47 Å². The van der Waals surface area contributed by atoms with Gasteiger partial charge in [0.15, 0.2) is 11.5 Å². The smallest absolute Gasteiger partial charge is 0.156 e. The van der Waals surface area contributed by atoms with Crippen molar-refractivity contribution in [2.24, 2.45) is 0 Å². The van der Waals surface area contributed by atoms with Crippen molar-refractivity contribution in [2.75, 3.05) is 13.2 Å². The van der Waals surface area contributed by atoms with Gasteiger partial charge in [-0.2, -0.15) is 0 Å². The normalized spacial score (nSPS) is 10.7. The Bertz CT molecular complexity index is 840. The second kappa shape index (κ2) is 15.8. The van der Waals surface area contributed by atoms with E-state index in [9.17, 15) is 5.11 Å². The first-order valence-electron chi connectivity index (χ1n) is 8.76. The SMILES string of the molecule is C#CCC(O)COc1c(Cl)cc(Cc2cc(Cl)c(OCC[CH2-])c(Cl)c2)cc1Cl.C=O.[W]. The maximum atomic E-state index is 9.68. The van der Waals surface area contributed by atoms with Crippen LogP contribution in [0.2, 0.25) is 20.1 Å².